The van der Waals surface area contributed by atoms with E-state index in [-0.39, 0.29) is 0 Å². The maximum Gasteiger partial charge on any atom is 0.0843 e. The predicted molar refractivity (Wildman–Crippen MR) is 75.8 cm³/mol. The van der Waals surface area contributed by atoms with Gasteiger partial charge in [-0.25, -0.2) is 0 Å². The monoisotopic (exact) mass is 353 g/mol. The first-order chi connectivity index (χ1) is 7.24. The van der Waals surface area contributed by atoms with Crippen LogP contribution in [0.3, 0.4) is 0 Å². The summed E-state index contributed by atoms with van der Waals surface area (Å²) in [7, 11) is 0. The van der Waals surface area contributed by atoms with E-state index in [9.17, 15) is 0 Å². The highest BCUT2D eigenvalue weighted by Gasteiger charge is 2.03. The molecule has 1 nitrogen and oxygen atoms in total. The van der Waals surface area contributed by atoms with Gasteiger partial charge in [0, 0.05) is 9.35 Å². The summed E-state index contributed by atoms with van der Waals surface area (Å²) < 4.78 is 2.40. The number of hydrogen-bond donors (Lipinski definition) is 1. The third kappa shape index (κ3) is 5.48. The molecule has 0 aliphatic carbocycles. The Bertz CT molecular complexity index is 267. The Hall–Kier alpha value is 0.620. The summed E-state index contributed by atoms with van der Waals surface area (Å²) in [5.74, 6) is 0. The molecule has 0 spiro atoms. The zero-order valence-electron chi connectivity index (χ0n) is 8.98. The molecule has 0 amide bonds. The molecule has 1 rings (SSSR count). The van der Waals surface area contributed by atoms with Crippen molar-refractivity contribution in [1.82, 2.24) is 5.32 Å². The number of unbranched alkanes of at least 4 members (excludes halogenated alkanes) is 1. The van der Waals surface area contributed by atoms with E-state index in [1.54, 1.807) is 0 Å². The molecule has 0 fully saturated rings. The molecule has 4 heteroatoms. The molecular formula is C11H17Br2NS. The van der Waals surface area contributed by atoms with E-state index >= 15 is 0 Å². The van der Waals surface area contributed by atoms with Crippen molar-refractivity contribution in [2.45, 2.75) is 32.6 Å². The van der Waals surface area contributed by atoms with Crippen molar-refractivity contribution in [2.75, 3.05) is 13.1 Å². The van der Waals surface area contributed by atoms with Gasteiger partial charge in [-0.3, -0.25) is 0 Å². The van der Waals surface area contributed by atoms with Crippen molar-refractivity contribution in [3.63, 3.8) is 0 Å². The van der Waals surface area contributed by atoms with E-state index in [2.05, 4.69) is 50.2 Å². The van der Waals surface area contributed by atoms with Crippen LogP contribution in [-0.4, -0.2) is 13.1 Å². The van der Waals surface area contributed by atoms with E-state index in [1.807, 2.05) is 11.3 Å². The largest absolute Gasteiger partial charge is 0.317 e. The third-order valence-electron chi connectivity index (χ3n) is 2.15. The van der Waals surface area contributed by atoms with Crippen LogP contribution in [0.4, 0.5) is 0 Å². The molecule has 0 radical (unpaired) electrons. The summed E-state index contributed by atoms with van der Waals surface area (Å²) in [6.45, 7) is 4.51. The average Bonchev–Trinajstić information content (AvgIpc) is 2.52. The second-order valence-corrected chi connectivity index (χ2v) is 6.85. The van der Waals surface area contributed by atoms with Crippen LogP contribution in [0.2, 0.25) is 0 Å². The van der Waals surface area contributed by atoms with Gasteiger partial charge >= 0.3 is 0 Å². The van der Waals surface area contributed by atoms with Crippen LogP contribution in [0.5, 0.6) is 0 Å². The minimum Gasteiger partial charge on any atom is -0.317 e. The van der Waals surface area contributed by atoms with E-state index in [1.165, 1.54) is 38.8 Å². The highest BCUT2D eigenvalue weighted by Crippen LogP contribution is 2.32. The Morgan fingerprint density at radius 3 is 2.67 bits per heavy atom. The summed E-state index contributed by atoms with van der Waals surface area (Å²) in [6.07, 6.45) is 4.97. The van der Waals surface area contributed by atoms with Crippen LogP contribution in [0.1, 0.15) is 31.1 Å². The highest BCUT2D eigenvalue weighted by molar-refractivity contribution is 9.13. The molecule has 1 aromatic heterocycles. The SMILES string of the molecule is CCCNCCCCc1cc(Br)c(Br)s1. The van der Waals surface area contributed by atoms with E-state index in [0.717, 1.165) is 13.1 Å². The number of hydrogen-bond acceptors (Lipinski definition) is 2. The average molecular weight is 355 g/mol. The zero-order valence-corrected chi connectivity index (χ0v) is 13.0. The zero-order chi connectivity index (χ0) is 11.1. The van der Waals surface area contributed by atoms with E-state index < -0.39 is 0 Å². The number of thiophene rings is 1. The maximum absolute atomic E-state index is 3.52. The third-order valence-corrected chi connectivity index (χ3v) is 5.47. The molecule has 0 saturated heterocycles. The van der Waals surface area contributed by atoms with Crippen molar-refractivity contribution in [1.29, 1.82) is 0 Å². The summed E-state index contributed by atoms with van der Waals surface area (Å²) in [5.41, 5.74) is 0. The smallest absolute Gasteiger partial charge is 0.0843 e. The van der Waals surface area contributed by atoms with Gasteiger partial charge in [0.2, 0.25) is 0 Å². The second kappa shape index (κ2) is 7.82. The molecule has 0 atom stereocenters. The molecular weight excluding hydrogens is 338 g/mol. The predicted octanol–water partition coefficient (Wildman–Crippen LogP) is 4.60. The number of aryl methyl sites for hydroxylation is 1. The van der Waals surface area contributed by atoms with Crippen molar-refractivity contribution < 1.29 is 0 Å². The van der Waals surface area contributed by atoms with Gasteiger partial charge in [-0.15, -0.1) is 11.3 Å². The standard InChI is InChI=1S/C11H17Br2NS/c1-2-6-14-7-4-3-5-9-8-10(12)11(13)15-9/h8,14H,2-7H2,1H3. The number of rotatable bonds is 7. The van der Waals surface area contributed by atoms with Gasteiger partial charge < -0.3 is 5.32 Å². The number of halogens is 2. The van der Waals surface area contributed by atoms with Crippen LogP contribution < -0.4 is 5.32 Å². The van der Waals surface area contributed by atoms with Gasteiger partial charge in [0.15, 0.2) is 0 Å². The van der Waals surface area contributed by atoms with E-state index in [4.69, 9.17) is 0 Å². The van der Waals surface area contributed by atoms with Crippen LogP contribution in [0.25, 0.3) is 0 Å². The number of nitrogens with one attached hydrogen (secondary N) is 1. The Balaban J connectivity index is 2.10. The highest BCUT2D eigenvalue weighted by atomic mass is 79.9. The molecule has 86 valence electrons. The molecule has 0 bridgehead atoms. The van der Waals surface area contributed by atoms with Gasteiger partial charge in [-0.1, -0.05) is 6.92 Å². The lowest BCUT2D eigenvalue weighted by atomic mass is 10.2. The molecule has 0 saturated carbocycles. The molecule has 1 N–H and O–H groups in total. The van der Waals surface area contributed by atoms with Crippen molar-refractivity contribution in [3.8, 4) is 0 Å². The Kier molecular flexibility index (Phi) is 7.14. The lowest BCUT2D eigenvalue weighted by molar-refractivity contribution is 0.618. The van der Waals surface area contributed by atoms with Crippen LogP contribution in [0.15, 0.2) is 14.3 Å². The van der Waals surface area contributed by atoms with Gasteiger partial charge in [-0.05, 0) is 76.7 Å². The summed E-state index contributed by atoms with van der Waals surface area (Å²) >= 11 is 8.86. The summed E-state index contributed by atoms with van der Waals surface area (Å²) in [4.78, 5) is 1.46. The van der Waals surface area contributed by atoms with Gasteiger partial charge in [0.25, 0.3) is 0 Å². The fourth-order valence-corrected chi connectivity index (χ4v) is 3.58. The lowest BCUT2D eigenvalue weighted by Gasteiger charge is -2.01. The fraction of sp³-hybridized carbons (Fsp3) is 0.636. The molecule has 1 heterocycles. The van der Waals surface area contributed by atoms with Gasteiger partial charge in [-0.2, -0.15) is 0 Å². The maximum atomic E-state index is 3.52. The van der Waals surface area contributed by atoms with Crippen LogP contribution >= 0.6 is 43.2 Å². The minimum absolute atomic E-state index is 1.15. The van der Waals surface area contributed by atoms with Gasteiger partial charge in [0.1, 0.15) is 0 Å². The summed E-state index contributed by atoms with van der Waals surface area (Å²) in [6, 6.07) is 2.22. The quantitative estimate of drug-likeness (QED) is 0.706. The fourth-order valence-electron chi connectivity index (χ4n) is 1.37. The van der Waals surface area contributed by atoms with Crippen molar-refractivity contribution in [3.05, 3.63) is 19.2 Å². The van der Waals surface area contributed by atoms with Crippen molar-refractivity contribution >= 4 is 43.2 Å². The molecule has 15 heavy (non-hydrogen) atoms. The normalized spacial score (nSPS) is 10.9. The van der Waals surface area contributed by atoms with Crippen LogP contribution in [-0.2, 0) is 6.42 Å². The molecule has 0 aliphatic heterocycles. The first kappa shape index (κ1) is 13.7. The van der Waals surface area contributed by atoms with Crippen LogP contribution in [0, 0.1) is 0 Å². The Morgan fingerprint density at radius 1 is 1.27 bits per heavy atom. The molecule has 0 aromatic carbocycles. The van der Waals surface area contributed by atoms with Crippen molar-refractivity contribution in [2.24, 2.45) is 0 Å². The van der Waals surface area contributed by atoms with E-state index in [0.29, 0.717) is 0 Å². The summed E-state index contributed by atoms with van der Waals surface area (Å²) in [5, 5.41) is 3.42. The first-order valence-corrected chi connectivity index (χ1v) is 7.78. The Morgan fingerprint density at radius 2 is 2.07 bits per heavy atom. The Labute approximate surface area is 113 Å². The second-order valence-electron chi connectivity index (χ2n) is 3.54. The minimum atomic E-state index is 1.15. The molecule has 0 unspecified atom stereocenters. The molecule has 0 aliphatic rings. The topological polar surface area (TPSA) is 12.0 Å². The molecule has 1 aromatic rings. The lowest BCUT2D eigenvalue weighted by Crippen LogP contribution is -2.15. The van der Waals surface area contributed by atoms with Gasteiger partial charge in [0.05, 0.1) is 3.79 Å². The first-order valence-electron chi connectivity index (χ1n) is 5.38.